The topological polar surface area (TPSA) is 105 Å². The summed E-state index contributed by atoms with van der Waals surface area (Å²) in [5, 5.41) is 13.9. The van der Waals surface area contributed by atoms with E-state index >= 15 is 0 Å². The standard InChI is InChI=1S/C72H121N2O6P/c1-6-8-10-12-14-16-18-20-22-24-26-27-28-29-30-31-32-33-34-35-36-37-38-39-40-41-42-43-44-45-46-47-48-50-52-54-56-58-60-62-64-66-72(76)73-70(69-80-81(77,78)79-68-67-74(3,4)5)71(75)65-63-61-59-57-55-53-51-49-25-23-21-19-17-15-13-11-9-7-2/h8,10,14,16,20,22,26-27,29-30,32-33,35-36,38-39,41-42,44-45,47-48,55,57,63,65,70-71,75H,6-7,9,11-13,15,17-19,21,23-25,28,31,34,37,40,43,46,49-54,56,58-62,64,66-69H2,1-5H3,(H-,73,76,77,78)/p+1/b10-8-,16-14-,22-20-,27-26-,30-29-,33-32-,36-35-,39-38-,42-41-,45-44-,48-47-,57-55+,65-63+. The third-order valence-corrected chi connectivity index (χ3v) is 14.5. The number of aliphatic hydroxyl groups excluding tert-OH is 1. The molecule has 0 aliphatic heterocycles. The molecule has 1 amide bonds. The Hall–Kier alpha value is -3.88. The van der Waals surface area contributed by atoms with Crippen molar-refractivity contribution in [3.63, 3.8) is 0 Å². The van der Waals surface area contributed by atoms with Crippen molar-refractivity contribution in [2.45, 2.75) is 251 Å². The molecule has 3 unspecified atom stereocenters. The van der Waals surface area contributed by atoms with Crippen LogP contribution in [0.1, 0.15) is 239 Å². The zero-order valence-electron chi connectivity index (χ0n) is 52.5. The molecule has 0 aliphatic carbocycles. The van der Waals surface area contributed by atoms with Crippen molar-refractivity contribution >= 4 is 13.7 Å². The van der Waals surface area contributed by atoms with Crippen LogP contribution in [-0.4, -0.2) is 73.4 Å². The molecule has 0 aliphatic rings. The number of phosphoric acid groups is 1. The Labute approximate surface area is 499 Å². The summed E-state index contributed by atoms with van der Waals surface area (Å²) in [6.45, 7) is 4.66. The Balaban J connectivity index is 4.19. The Bertz CT molecular complexity index is 1870. The molecule has 3 atom stereocenters. The fraction of sp³-hybridized carbons (Fsp3) is 0.625. The predicted molar refractivity (Wildman–Crippen MR) is 354 cm³/mol. The second kappa shape index (κ2) is 60.7. The summed E-state index contributed by atoms with van der Waals surface area (Å²) in [6, 6.07) is -0.881. The van der Waals surface area contributed by atoms with Gasteiger partial charge in [-0.05, 0) is 116 Å². The van der Waals surface area contributed by atoms with E-state index < -0.39 is 20.0 Å². The van der Waals surface area contributed by atoms with Crippen molar-refractivity contribution in [1.29, 1.82) is 0 Å². The zero-order chi connectivity index (χ0) is 59.1. The third kappa shape index (κ3) is 63.5. The van der Waals surface area contributed by atoms with Crippen molar-refractivity contribution in [2.24, 2.45) is 0 Å². The van der Waals surface area contributed by atoms with Crippen LogP contribution in [0, 0.1) is 0 Å². The second-order valence-corrected chi connectivity index (χ2v) is 23.8. The van der Waals surface area contributed by atoms with Gasteiger partial charge in [-0.3, -0.25) is 13.8 Å². The molecule has 0 aromatic heterocycles. The number of phosphoric ester groups is 1. The summed E-state index contributed by atoms with van der Waals surface area (Å²) in [6.07, 6.45) is 95.1. The van der Waals surface area contributed by atoms with E-state index in [1.54, 1.807) is 6.08 Å². The molecule has 0 aromatic carbocycles. The monoisotopic (exact) mass is 1140 g/mol. The minimum atomic E-state index is -4.37. The number of nitrogens with one attached hydrogen (secondary N) is 1. The molecular formula is C72H122N2O6P+. The quantitative estimate of drug-likeness (QED) is 0.0243. The SMILES string of the molecule is CC/C=C\C/C=C\C/C=C\C/C=C\C/C=C\C/C=C\C/C=C\C/C=C\C/C=C\C/C=C\C/C=C\CCCCCCCCCC(=O)NC(COP(=O)(O)OCC[N+](C)(C)C)C(O)/C=C/CC/C=C/CCCCCCCCCCCCCC. The van der Waals surface area contributed by atoms with E-state index in [1.165, 1.54) is 96.3 Å². The smallest absolute Gasteiger partial charge is 0.387 e. The van der Waals surface area contributed by atoms with Gasteiger partial charge in [0.25, 0.3) is 0 Å². The molecule has 0 bridgehead atoms. The molecule has 9 heteroatoms. The number of likely N-dealkylation sites (N-methyl/N-ethyl adjacent to an activating group) is 1. The maximum Gasteiger partial charge on any atom is 0.472 e. The molecule has 0 saturated carbocycles. The van der Waals surface area contributed by atoms with Gasteiger partial charge >= 0.3 is 7.82 Å². The van der Waals surface area contributed by atoms with Gasteiger partial charge in [-0.1, -0.05) is 275 Å². The number of amides is 1. The number of hydrogen-bond acceptors (Lipinski definition) is 5. The number of nitrogens with zero attached hydrogens (tertiary/aromatic N) is 1. The molecule has 460 valence electrons. The molecule has 0 fully saturated rings. The van der Waals surface area contributed by atoms with Gasteiger partial charge in [0.2, 0.25) is 5.91 Å². The van der Waals surface area contributed by atoms with Crippen molar-refractivity contribution in [1.82, 2.24) is 5.32 Å². The molecule has 81 heavy (non-hydrogen) atoms. The van der Waals surface area contributed by atoms with Crippen LogP contribution in [0.2, 0.25) is 0 Å². The van der Waals surface area contributed by atoms with Gasteiger partial charge < -0.3 is 19.8 Å². The maximum absolute atomic E-state index is 13.0. The lowest BCUT2D eigenvalue weighted by Gasteiger charge is -2.25. The van der Waals surface area contributed by atoms with Gasteiger partial charge in [0.15, 0.2) is 0 Å². The number of carbonyl (C=O) groups is 1. The van der Waals surface area contributed by atoms with E-state index in [2.05, 4.69) is 165 Å². The van der Waals surface area contributed by atoms with Gasteiger partial charge in [0.1, 0.15) is 13.2 Å². The minimum Gasteiger partial charge on any atom is -0.387 e. The van der Waals surface area contributed by atoms with Crippen molar-refractivity contribution in [3.8, 4) is 0 Å². The Morgan fingerprint density at radius 1 is 0.432 bits per heavy atom. The lowest BCUT2D eigenvalue weighted by atomic mass is 10.0. The van der Waals surface area contributed by atoms with Crippen molar-refractivity contribution < 1.29 is 32.9 Å². The highest BCUT2D eigenvalue weighted by Gasteiger charge is 2.27. The Morgan fingerprint density at radius 3 is 1.14 bits per heavy atom. The van der Waals surface area contributed by atoms with Crippen molar-refractivity contribution in [3.05, 3.63) is 158 Å². The first-order chi connectivity index (χ1) is 39.5. The molecule has 0 aromatic rings. The van der Waals surface area contributed by atoms with Crippen LogP contribution in [0.4, 0.5) is 0 Å². The fourth-order valence-electron chi connectivity index (χ4n) is 8.47. The average Bonchev–Trinajstić information content (AvgIpc) is 3.43. The van der Waals surface area contributed by atoms with Crippen LogP contribution in [-0.2, 0) is 18.4 Å². The lowest BCUT2D eigenvalue weighted by Crippen LogP contribution is -2.45. The summed E-state index contributed by atoms with van der Waals surface area (Å²) in [7, 11) is 1.53. The van der Waals surface area contributed by atoms with Crippen LogP contribution in [0.3, 0.4) is 0 Å². The summed E-state index contributed by atoms with van der Waals surface area (Å²) < 4.78 is 23.7. The first kappa shape index (κ1) is 77.1. The minimum absolute atomic E-state index is 0.0460. The first-order valence-electron chi connectivity index (χ1n) is 32.4. The fourth-order valence-corrected chi connectivity index (χ4v) is 9.21. The highest BCUT2D eigenvalue weighted by Crippen LogP contribution is 2.43. The number of unbranched alkanes of at least 4 members (excludes halogenated alkanes) is 20. The number of allylic oxidation sites excluding steroid dienone is 25. The van der Waals surface area contributed by atoms with E-state index in [-0.39, 0.29) is 19.1 Å². The normalized spacial score (nSPS) is 14.8. The molecule has 8 nitrogen and oxygen atoms in total. The van der Waals surface area contributed by atoms with Gasteiger partial charge in [-0.25, -0.2) is 4.57 Å². The number of carbonyl (C=O) groups excluding carboxylic acids is 1. The first-order valence-corrected chi connectivity index (χ1v) is 33.9. The van der Waals surface area contributed by atoms with E-state index in [9.17, 15) is 19.4 Å². The third-order valence-electron chi connectivity index (χ3n) is 13.5. The zero-order valence-corrected chi connectivity index (χ0v) is 53.4. The van der Waals surface area contributed by atoms with Crippen LogP contribution in [0.25, 0.3) is 0 Å². The molecule has 3 N–H and O–H groups in total. The average molecular weight is 1140 g/mol. The maximum atomic E-state index is 13.0. The number of rotatable bonds is 57. The number of quaternary nitrogens is 1. The number of aliphatic hydroxyl groups is 1. The summed E-state index contributed by atoms with van der Waals surface area (Å²) >= 11 is 0. The second-order valence-electron chi connectivity index (χ2n) is 22.4. The van der Waals surface area contributed by atoms with Gasteiger partial charge in [0, 0.05) is 6.42 Å². The molecule has 0 saturated heterocycles. The molecule has 0 spiro atoms. The predicted octanol–water partition coefficient (Wildman–Crippen LogP) is 20.6. The number of hydrogen-bond donors (Lipinski definition) is 3. The van der Waals surface area contributed by atoms with Crippen molar-refractivity contribution in [2.75, 3.05) is 40.9 Å². The molecule has 0 heterocycles. The van der Waals surface area contributed by atoms with E-state index in [0.29, 0.717) is 17.4 Å². The Morgan fingerprint density at radius 2 is 0.753 bits per heavy atom. The molecule has 0 radical (unpaired) electrons. The lowest BCUT2D eigenvalue weighted by molar-refractivity contribution is -0.870. The van der Waals surface area contributed by atoms with Crippen LogP contribution >= 0.6 is 7.82 Å². The van der Waals surface area contributed by atoms with Gasteiger partial charge in [0.05, 0.1) is 39.9 Å². The molecular weight excluding hydrogens is 1020 g/mol. The highest BCUT2D eigenvalue weighted by atomic mass is 31.2. The molecule has 0 rings (SSSR count). The highest BCUT2D eigenvalue weighted by molar-refractivity contribution is 7.47. The summed E-state index contributed by atoms with van der Waals surface area (Å²) in [4.78, 5) is 23.3. The summed E-state index contributed by atoms with van der Waals surface area (Å²) in [5.41, 5.74) is 0. The van der Waals surface area contributed by atoms with Gasteiger partial charge in [-0.15, -0.1) is 0 Å². The Kier molecular flexibility index (Phi) is 57.8. The van der Waals surface area contributed by atoms with E-state index in [4.69, 9.17) is 9.05 Å². The van der Waals surface area contributed by atoms with Gasteiger partial charge in [-0.2, -0.15) is 0 Å². The summed E-state index contributed by atoms with van der Waals surface area (Å²) in [5.74, 6) is -0.204. The van der Waals surface area contributed by atoms with E-state index in [1.807, 2.05) is 27.2 Å². The van der Waals surface area contributed by atoms with Crippen LogP contribution in [0.5, 0.6) is 0 Å². The largest absolute Gasteiger partial charge is 0.472 e. The van der Waals surface area contributed by atoms with E-state index in [0.717, 1.165) is 122 Å². The van der Waals surface area contributed by atoms with Crippen LogP contribution < -0.4 is 5.32 Å². The van der Waals surface area contributed by atoms with Crippen LogP contribution in [0.15, 0.2) is 158 Å².